The van der Waals surface area contributed by atoms with Gasteiger partial charge in [0.1, 0.15) is 18.1 Å². The topological polar surface area (TPSA) is 72.0 Å². The van der Waals surface area contributed by atoms with Crippen molar-refractivity contribution in [1.29, 1.82) is 0 Å². The van der Waals surface area contributed by atoms with Crippen molar-refractivity contribution in [3.63, 3.8) is 0 Å². The summed E-state index contributed by atoms with van der Waals surface area (Å²) in [5.41, 5.74) is 0.398. The summed E-state index contributed by atoms with van der Waals surface area (Å²) < 4.78 is 17.2. The van der Waals surface area contributed by atoms with Gasteiger partial charge >= 0.3 is 0 Å². The second-order valence-corrected chi connectivity index (χ2v) is 2.53. The molecule has 0 amide bonds. The number of hydrogen-bond donors (Lipinski definition) is 1. The SMILES string of the molecule is OCc1nc(-c2ccc(F)cn2)no1. The van der Waals surface area contributed by atoms with Crippen LogP contribution in [-0.4, -0.2) is 20.2 Å². The minimum absolute atomic E-state index is 0.103. The zero-order valence-electron chi connectivity index (χ0n) is 7.01. The normalized spacial score (nSPS) is 10.4. The molecule has 0 fully saturated rings. The van der Waals surface area contributed by atoms with Crippen LogP contribution in [0, 0.1) is 5.82 Å². The summed E-state index contributed by atoms with van der Waals surface area (Å²) in [5, 5.41) is 12.2. The van der Waals surface area contributed by atoms with E-state index < -0.39 is 5.82 Å². The molecule has 2 rings (SSSR count). The molecule has 0 saturated heterocycles. The smallest absolute Gasteiger partial charge is 0.252 e. The van der Waals surface area contributed by atoms with Crippen LogP contribution in [0.1, 0.15) is 5.89 Å². The van der Waals surface area contributed by atoms with Gasteiger partial charge in [0.2, 0.25) is 5.82 Å². The number of aliphatic hydroxyl groups excluding tert-OH is 1. The number of hydrogen-bond acceptors (Lipinski definition) is 5. The lowest BCUT2D eigenvalue weighted by Crippen LogP contribution is -1.87. The fourth-order valence-corrected chi connectivity index (χ4v) is 0.931. The van der Waals surface area contributed by atoms with Gasteiger partial charge in [-0.15, -0.1) is 0 Å². The lowest BCUT2D eigenvalue weighted by Gasteiger charge is -1.91. The molecule has 0 aliphatic heterocycles. The van der Waals surface area contributed by atoms with E-state index in [0.29, 0.717) is 5.69 Å². The molecule has 0 aromatic carbocycles. The summed E-state index contributed by atoms with van der Waals surface area (Å²) in [5.74, 6) is -0.0974. The molecule has 2 heterocycles. The van der Waals surface area contributed by atoms with Crippen molar-refractivity contribution in [2.75, 3.05) is 0 Å². The molecule has 14 heavy (non-hydrogen) atoms. The fraction of sp³-hybridized carbons (Fsp3) is 0.125. The minimum Gasteiger partial charge on any atom is -0.387 e. The lowest BCUT2D eigenvalue weighted by molar-refractivity contribution is 0.222. The van der Waals surface area contributed by atoms with Gasteiger partial charge < -0.3 is 9.63 Å². The third-order valence-corrected chi connectivity index (χ3v) is 1.56. The maximum absolute atomic E-state index is 12.5. The Hall–Kier alpha value is -1.82. The number of pyridine rings is 1. The van der Waals surface area contributed by atoms with E-state index in [-0.39, 0.29) is 18.3 Å². The fourth-order valence-electron chi connectivity index (χ4n) is 0.931. The van der Waals surface area contributed by atoms with Crippen molar-refractivity contribution < 1.29 is 14.0 Å². The van der Waals surface area contributed by atoms with Gasteiger partial charge in [0.25, 0.3) is 5.89 Å². The predicted molar refractivity (Wildman–Crippen MR) is 43.4 cm³/mol. The molecule has 0 radical (unpaired) electrons. The Labute approximate surface area is 78.2 Å². The average Bonchev–Trinajstić information content (AvgIpc) is 2.67. The first-order valence-electron chi connectivity index (χ1n) is 3.85. The maximum atomic E-state index is 12.5. The van der Waals surface area contributed by atoms with Gasteiger partial charge in [-0.2, -0.15) is 4.98 Å². The molecule has 0 aliphatic rings. The van der Waals surface area contributed by atoms with Crippen molar-refractivity contribution >= 4 is 0 Å². The van der Waals surface area contributed by atoms with Crippen LogP contribution < -0.4 is 0 Å². The molecule has 0 bridgehead atoms. The highest BCUT2D eigenvalue weighted by molar-refractivity contribution is 5.47. The second kappa shape index (κ2) is 3.51. The van der Waals surface area contributed by atoms with Gasteiger partial charge in [-0.3, -0.25) is 0 Å². The van der Waals surface area contributed by atoms with E-state index in [1.807, 2.05) is 0 Å². The van der Waals surface area contributed by atoms with Gasteiger partial charge in [-0.05, 0) is 12.1 Å². The minimum atomic E-state index is -0.431. The Balaban J connectivity index is 2.34. The Kier molecular flexibility index (Phi) is 2.19. The number of aromatic nitrogens is 3. The van der Waals surface area contributed by atoms with E-state index >= 15 is 0 Å². The summed E-state index contributed by atoms with van der Waals surface area (Å²) >= 11 is 0. The molecule has 2 aromatic heterocycles. The molecule has 0 unspecified atom stereocenters. The zero-order valence-corrected chi connectivity index (χ0v) is 7.01. The first-order valence-corrected chi connectivity index (χ1v) is 3.85. The first kappa shape index (κ1) is 8.76. The van der Waals surface area contributed by atoms with Crippen LogP contribution in [0.15, 0.2) is 22.9 Å². The van der Waals surface area contributed by atoms with E-state index in [2.05, 4.69) is 19.6 Å². The Morgan fingerprint density at radius 2 is 2.29 bits per heavy atom. The Bertz CT molecular complexity index is 426. The Morgan fingerprint density at radius 3 is 2.86 bits per heavy atom. The third-order valence-electron chi connectivity index (χ3n) is 1.56. The van der Waals surface area contributed by atoms with Crippen LogP contribution in [0.2, 0.25) is 0 Å². The molecule has 0 spiro atoms. The molecule has 72 valence electrons. The Morgan fingerprint density at radius 1 is 1.43 bits per heavy atom. The van der Waals surface area contributed by atoms with Crippen molar-refractivity contribution in [1.82, 2.24) is 15.1 Å². The van der Waals surface area contributed by atoms with Crippen molar-refractivity contribution in [2.24, 2.45) is 0 Å². The maximum Gasteiger partial charge on any atom is 0.252 e. The highest BCUT2D eigenvalue weighted by Gasteiger charge is 2.08. The van der Waals surface area contributed by atoms with Gasteiger partial charge in [-0.25, -0.2) is 9.37 Å². The first-order chi connectivity index (χ1) is 6.79. The average molecular weight is 195 g/mol. The van der Waals surface area contributed by atoms with Crippen LogP contribution in [0.5, 0.6) is 0 Å². The highest BCUT2D eigenvalue weighted by Crippen LogP contribution is 2.12. The molecule has 5 nitrogen and oxygen atoms in total. The third kappa shape index (κ3) is 1.60. The highest BCUT2D eigenvalue weighted by atomic mass is 19.1. The van der Waals surface area contributed by atoms with Crippen LogP contribution >= 0.6 is 0 Å². The summed E-state index contributed by atoms with van der Waals surface area (Å²) in [6.07, 6.45) is 1.06. The van der Waals surface area contributed by atoms with E-state index in [1.165, 1.54) is 12.1 Å². The lowest BCUT2D eigenvalue weighted by atomic mass is 10.3. The van der Waals surface area contributed by atoms with Crippen molar-refractivity contribution in [3.05, 3.63) is 30.0 Å². The molecule has 1 N–H and O–H groups in total. The van der Waals surface area contributed by atoms with Crippen LogP contribution in [-0.2, 0) is 6.61 Å². The van der Waals surface area contributed by atoms with E-state index in [0.717, 1.165) is 6.20 Å². The molecule has 0 saturated carbocycles. The molecular formula is C8H6FN3O2. The largest absolute Gasteiger partial charge is 0.387 e. The van der Waals surface area contributed by atoms with Crippen molar-refractivity contribution in [3.8, 4) is 11.5 Å². The van der Waals surface area contributed by atoms with Gasteiger partial charge in [0, 0.05) is 0 Å². The van der Waals surface area contributed by atoms with Crippen molar-refractivity contribution in [2.45, 2.75) is 6.61 Å². The van der Waals surface area contributed by atoms with Gasteiger partial charge in [0.05, 0.1) is 6.20 Å². The number of aliphatic hydroxyl groups is 1. The number of nitrogens with zero attached hydrogens (tertiary/aromatic N) is 3. The molecular weight excluding hydrogens is 189 g/mol. The summed E-state index contributed by atoms with van der Waals surface area (Å²) in [4.78, 5) is 7.57. The summed E-state index contributed by atoms with van der Waals surface area (Å²) in [6, 6.07) is 2.68. The van der Waals surface area contributed by atoms with Crippen LogP contribution in [0.4, 0.5) is 4.39 Å². The molecule has 6 heteroatoms. The van der Waals surface area contributed by atoms with Gasteiger partial charge in [0.15, 0.2) is 0 Å². The van der Waals surface area contributed by atoms with Gasteiger partial charge in [-0.1, -0.05) is 5.16 Å². The molecule has 2 aromatic rings. The van der Waals surface area contributed by atoms with E-state index in [9.17, 15) is 4.39 Å². The summed E-state index contributed by atoms with van der Waals surface area (Å²) in [6.45, 7) is -0.325. The van der Waals surface area contributed by atoms with Crippen LogP contribution in [0.3, 0.4) is 0 Å². The number of halogens is 1. The number of rotatable bonds is 2. The molecule has 0 aliphatic carbocycles. The monoisotopic (exact) mass is 195 g/mol. The van der Waals surface area contributed by atoms with E-state index in [1.54, 1.807) is 0 Å². The zero-order chi connectivity index (χ0) is 9.97. The second-order valence-electron chi connectivity index (χ2n) is 2.53. The van der Waals surface area contributed by atoms with Crippen LogP contribution in [0.25, 0.3) is 11.5 Å². The van der Waals surface area contributed by atoms with E-state index in [4.69, 9.17) is 5.11 Å². The quantitative estimate of drug-likeness (QED) is 0.765. The molecule has 0 atom stereocenters. The standard InChI is InChI=1S/C8H6FN3O2/c9-5-1-2-6(10-3-5)8-11-7(4-13)14-12-8/h1-3,13H,4H2. The summed E-state index contributed by atoms with van der Waals surface area (Å²) in [7, 11) is 0. The predicted octanol–water partition coefficient (Wildman–Crippen LogP) is 0.763.